The molecular weight excluding hydrogens is 390 g/mol. The van der Waals surface area contributed by atoms with E-state index in [1.54, 1.807) is 28.9 Å². The predicted molar refractivity (Wildman–Crippen MR) is 122 cm³/mol. The van der Waals surface area contributed by atoms with Crippen LogP contribution in [-0.4, -0.2) is 26.6 Å². The molecule has 4 aromatic rings. The van der Waals surface area contributed by atoms with Crippen LogP contribution in [0.25, 0.3) is 11.0 Å². The summed E-state index contributed by atoms with van der Waals surface area (Å²) in [6, 6.07) is 16.2. The zero-order valence-electron chi connectivity index (χ0n) is 17.9. The van der Waals surface area contributed by atoms with Gasteiger partial charge in [0.1, 0.15) is 0 Å². The van der Waals surface area contributed by atoms with E-state index in [4.69, 9.17) is 0 Å². The normalized spacial score (nSPS) is 10.8. The maximum atomic E-state index is 13.2. The van der Waals surface area contributed by atoms with Crippen LogP contribution in [0.5, 0.6) is 0 Å². The number of pyridine rings is 1. The van der Waals surface area contributed by atoms with E-state index >= 15 is 0 Å². The van der Waals surface area contributed by atoms with Crippen LogP contribution >= 0.6 is 0 Å². The Morgan fingerprint density at radius 2 is 1.52 bits per heavy atom. The number of aryl methyl sites for hydroxylation is 3. The molecule has 0 spiro atoms. The Hall–Kier alpha value is -4.00. The number of carbonyl (C=O) groups excluding carboxylic acids is 2. The molecule has 2 aromatic carbocycles. The van der Waals surface area contributed by atoms with Gasteiger partial charge in [0, 0.05) is 29.7 Å². The van der Waals surface area contributed by atoms with Crippen molar-refractivity contribution >= 4 is 34.2 Å². The second-order valence-electron chi connectivity index (χ2n) is 7.47. The Balaban J connectivity index is 1.64. The summed E-state index contributed by atoms with van der Waals surface area (Å²) in [5, 5.41) is 11.0. The monoisotopic (exact) mass is 413 g/mol. The quantitative estimate of drug-likeness (QED) is 0.519. The SMILES string of the molecule is Cc1cc(C(=O)Nc2cccc(NC(=O)c3ccccc3)c2C)c2c(C)nn(C)c2n1. The fourth-order valence-corrected chi connectivity index (χ4v) is 3.63. The number of carbonyl (C=O) groups is 2. The Bertz CT molecular complexity index is 1310. The van der Waals surface area contributed by atoms with Crippen LogP contribution in [0.15, 0.2) is 54.6 Å². The molecule has 2 N–H and O–H groups in total. The Labute approximate surface area is 180 Å². The fourth-order valence-electron chi connectivity index (χ4n) is 3.63. The molecule has 0 aliphatic heterocycles. The number of anilines is 2. The molecule has 156 valence electrons. The number of hydrogen-bond acceptors (Lipinski definition) is 4. The molecule has 4 rings (SSSR count). The minimum Gasteiger partial charge on any atom is -0.322 e. The van der Waals surface area contributed by atoms with Crippen LogP contribution < -0.4 is 10.6 Å². The minimum absolute atomic E-state index is 0.204. The molecule has 0 saturated heterocycles. The highest BCUT2D eigenvalue weighted by Gasteiger charge is 2.19. The van der Waals surface area contributed by atoms with Gasteiger partial charge in [0.15, 0.2) is 5.65 Å². The van der Waals surface area contributed by atoms with E-state index in [-0.39, 0.29) is 11.8 Å². The van der Waals surface area contributed by atoms with Gasteiger partial charge in [-0.2, -0.15) is 5.10 Å². The number of hydrogen-bond donors (Lipinski definition) is 2. The van der Waals surface area contributed by atoms with Crippen LogP contribution in [-0.2, 0) is 7.05 Å². The highest BCUT2D eigenvalue weighted by Crippen LogP contribution is 2.27. The number of rotatable bonds is 4. The van der Waals surface area contributed by atoms with Crippen molar-refractivity contribution in [3.63, 3.8) is 0 Å². The van der Waals surface area contributed by atoms with Crippen molar-refractivity contribution in [2.75, 3.05) is 10.6 Å². The van der Waals surface area contributed by atoms with E-state index < -0.39 is 0 Å². The molecule has 31 heavy (non-hydrogen) atoms. The van der Waals surface area contributed by atoms with Crippen LogP contribution in [0.4, 0.5) is 11.4 Å². The molecule has 0 unspecified atom stereocenters. The van der Waals surface area contributed by atoms with Crippen molar-refractivity contribution in [2.45, 2.75) is 20.8 Å². The molecule has 2 amide bonds. The van der Waals surface area contributed by atoms with Gasteiger partial charge < -0.3 is 10.6 Å². The topological polar surface area (TPSA) is 88.9 Å². The van der Waals surface area contributed by atoms with Crippen molar-refractivity contribution < 1.29 is 9.59 Å². The Morgan fingerprint density at radius 3 is 2.19 bits per heavy atom. The maximum absolute atomic E-state index is 13.2. The summed E-state index contributed by atoms with van der Waals surface area (Å²) in [6.07, 6.45) is 0. The summed E-state index contributed by atoms with van der Waals surface area (Å²) >= 11 is 0. The second-order valence-corrected chi connectivity index (χ2v) is 7.47. The number of aromatic nitrogens is 3. The average Bonchev–Trinajstić information content (AvgIpc) is 3.04. The molecule has 0 fully saturated rings. The van der Waals surface area contributed by atoms with Gasteiger partial charge in [-0.15, -0.1) is 0 Å². The summed E-state index contributed by atoms with van der Waals surface area (Å²) in [7, 11) is 1.81. The molecule has 0 radical (unpaired) electrons. The first kappa shape index (κ1) is 20.3. The maximum Gasteiger partial charge on any atom is 0.256 e. The van der Waals surface area contributed by atoms with E-state index in [9.17, 15) is 9.59 Å². The number of nitrogens with one attached hydrogen (secondary N) is 2. The molecule has 2 aromatic heterocycles. The first-order valence-electron chi connectivity index (χ1n) is 9.93. The van der Waals surface area contributed by atoms with E-state index in [1.807, 2.05) is 58.2 Å². The van der Waals surface area contributed by atoms with Crippen molar-refractivity contribution in [2.24, 2.45) is 7.05 Å². The molecule has 7 heteroatoms. The zero-order valence-corrected chi connectivity index (χ0v) is 17.9. The van der Waals surface area contributed by atoms with E-state index in [2.05, 4.69) is 20.7 Å². The lowest BCUT2D eigenvalue weighted by molar-refractivity contribution is 0.102. The van der Waals surface area contributed by atoms with E-state index in [0.717, 1.165) is 22.3 Å². The molecule has 0 saturated carbocycles. The standard InChI is InChI=1S/C24H23N5O2/c1-14-13-18(21-16(3)28-29(4)22(21)25-14)24(31)27-20-12-8-11-19(15(20)2)26-23(30)17-9-6-5-7-10-17/h5-13H,1-4H3,(H,26,30)(H,27,31). The van der Waals surface area contributed by atoms with E-state index in [0.29, 0.717) is 28.1 Å². The molecule has 0 aliphatic rings. The molecular formula is C24H23N5O2. The van der Waals surface area contributed by atoms with Gasteiger partial charge in [0.2, 0.25) is 0 Å². The van der Waals surface area contributed by atoms with Crippen molar-refractivity contribution in [3.8, 4) is 0 Å². The molecule has 0 aliphatic carbocycles. The smallest absolute Gasteiger partial charge is 0.256 e. The van der Waals surface area contributed by atoms with Gasteiger partial charge >= 0.3 is 0 Å². The van der Waals surface area contributed by atoms with Crippen molar-refractivity contribution in [1.82, 2.24) is 14.8 Å². The van der Waals surface area contributed by atoms with Crippen LogP contribution in [0.1, 0.15) is 37.7 Å². The van der Waals surface area contributed by atoms with Crippen LogP contribution in [0.2, 0.25) is 0 Å². The summed E-state index contributed by atoms with van der Waals surface area (Å²) in [4.78, 5) is 30.2. The largest absolute Gasteiger partial charge is 0.322 e. The summed E-state index contributed by atoms with van der Waals surface area (Å²) < 4.78 is 1.68. The molecule has 0 atom stereocenters. The first-order valence-corrected chi connectivity index (χ1v) is 9.93. The number of nitrogens with zero attached hydrogens (tertiary/aromatic N) is 3. The number of amides is 2. The third-order valence-corrected chi connectivity index (χ3v) is 5.21. The third-order valence-electron chi connectivity index (χ3n) is 5.21. The van der Waals surface area contributed by atoms with Gasteiger partial charge in [-0.05, 0) is 56.7 Å². The molecule has 2 heterocycles. The van der Waals surface area contributed by atoms with E-state index in [1.165, 1.54) is 0 Å². The van der Waals surface area contributed by atoms with Gasteiger partial charge in [0.05, 0.1) is 16.6 Å². The summed E-state index contributed by atoms with van der Waals surface area (Å²) in [6.45, 7) is 5.57. The highest BCUT2D eigenvalue weighted by molar-refractivity contribution is 6.13. The van der Waals surface area contributed by atoms with Gasteiger partial charge in [0.25, 0.3) is 11.8 Å². The van der Waals surface area contributed by atoms with Crippen molar-refractivity contribution in [1.29, 1.82) is 0 Å². The van der Waals surface area contributed by atoms with Gasteiger partial charge in [-0.1, -0.05) is 24.3 Å². The lowest BCUT2D eigenvalue weighted by Gasteiger charge is -2.14. The highest BCUT2D eigenvalue weighted by atomic mass is 16.2. The van der Waals surface area contributed by atoms with Crippen LogP contribution in [0, 0.1) is 20.8 Å². The fraction of sp³-hybridized carbons (Fsp3) is 0.167. The minimum atomic E-state index is -0.249. The lowest BCUT2D eigenvalue weighted by Crippen LogP contribution is -2.16. The second kappa shape index (κ2) is 8.02. The van der Waals surface area contributed by atoms with Gasteiger partial charge in [-0.3, -0.25) is 14.3 Å². The molecule has 7 nitrogen and oxygen atoms in total. The first-order chi connectivity index (χ1) is 14.8. The average molecular weight is 413 g/mol. The third kappa shape index (κ3) is 3.90. The predicted octanol–water partition coefficient (Wildman–Crippen LogP) is 4.40. The zero-order chi connectivity index (χ0) is 22.1. The molecule has 0 bridgehead atoms. The Kier molecular flexibility index (Phi) is 5.25. The number of fused-ring (bicyclic) bond motifs is 1. The summed E-state index contributed by atoms with van der Waals surface area (Å²) in [5.74, 6) is -0.453. The Morgan fingerprint density at radius 1 is 0.871 bits per heavy atom. The lowest BCUT2D eigenvalue weighted by atomic mass is 10.1. The summed E-state index contributed by atoms with van der Waals surface area (Å²) in [5.41, 5.74) is 5.27. The number of benzene rings is 2. The van der Waals surface area contributed by atoms with Crippen molar-refractivity contribution in [3.05, 3.63) is 82.7 Å². The van der Waals surface area contributed by atoms with Gasteiger partial charge in [-0.25, -0.2) is 4.98 Å². The van der Waals surface area contributed by atoms with Crippen LogP contribution in [0.3, 0.4) is 0 Å².